The first-order valence-electron chi connectivity index (χ1n) is 12.7. The van der Waals surface area contributed by atoms with Gasteiger partial charge in [-0.3, -0.25) is 0 Å². The van der Waals surface area contributed by atoms with Gasteiger partial charge in [0.1, 0.15) is 17.5 Å². The minimum atomic E-state index is -4.84. The SMILES string of the molecule is COc1cc2nc(C)nc(N[C@H](C)c3cccc(C(F)(F)F)c3F)c2cc1OCC1([C@H](C)N(C)C)CC(F)(F)C1. The van der Waals surface area contributed by atoms with Crippen LogP contribution in [0.25, 0.3) is 10.9 Å². The molecule has 40 heavy (non-hydrogen) atoms. The van der Waals surface area contributed by atoms with E-state index in [1.807, 2.05) is 25.9 Å². The molecule has 0 unspecified atom stereocenters. The molecule has 12 heteroatoms. The maximum absolute atomic E-state index is 14.8. The Morgan fingerprint density at radius 1 is 1.07 bits per heavy atom. The van der Waals surface area contributed by atoms with Gasteiger partial charge in [0.15, 0.2) is 11.5 Å². The summed E-state index contributed by atoms with van der Waals surface area (Å²) in [5.41, 5.74) is -1.88. The molecule has 1 saturated carbocycles. The smallest absolute Gasteiger partial charge is 0.419 e. The van der Waals surface area contributed by atoms with Crippen molar-refractivity contribution in [3.8, 4) is 11.5 Å². The van der Waals surface area contributed by atoms with Crippen LogP contribution in [0.1, 0.15) is 49.7 Å². The van der Waals surface area contributed by atoms with E-state index in [0.29, 0.717) is 28.5 Å². The van der Waals surface area contributed by atoms with Gasteiger partial charge in [-0.2, -0.15) is 13.2 Å². The second-order valence-electron chi connectivity index (χ2n) is 10.7. The Bertz CT molecular complexity index is 1390. The summed E-state index contributed by atoms with van der Waals surface area (Å²) in [6, 6.07) is 5.22. The highest BCUT2D eigenvalue weighted by Crippen LogP contribution is 2.55. The third-order valence-corrected chi connectivity index (χ3v) is 7.64. The molecular formula is C28H32F6N4O2. The summed E-state index contributed by atoms with van der Waals surface area (Å²) in [7, 11) is 5.09. The molecule has 1 aliphatic carbocycles. The van der Waals surface area contributed by atoms with Gasteiger partial charge in [-0.05, 0) is 47.0 Å². The van der Waals surface area contributed by atoms with Crippen LogP contribution in [0.2, 0.25) is 0 Å². The number of alkyl halides is 5. The maximum atomic E-state index is 14.8. The molecule has 4 rings (SSSR count). The second-order valence-corrected chi connectivity index (χ2v) is 10.7. The van der Waals surface area contributed by atoms with Crippen LogP contribution >= 0.6 is 0 Å². The van der Waals surface area contributed by atoms with Crippen LogP contribution in [0.15, 0.2) is 30.3 Å². The molecule has 0 bridgehead atoms. The number of nitrogens with zero attached hydrogens (tertiary/aromatic N) is 3. The van der Waals surface area contributed by atoms with Crippen molar-refractivity contribution in [1.29, 1.82) is 0 Å². The molecule has 1 heterocycles. The van der Waals surface area contributed by atoms with E-state index in [2.05, 4.69) is 15.3 Å². The number of anilines is 1. The normalized spacial score (nSPS) is 17.8. The van der Waals surface area contributed by atoms with Gasteiger partial charge in [0.25, 0.3) is 0 Å². The lowest BCUT2D eigenvalue weighted by molar-refractivity contribution is -0.193. The first-order valence-corrected chi connectivity index (χ1v) is 12.7. The summed E-state index contributed by atoms with van der Waals surface area (Å²) < 4.78 is 94.2. The molecule has 1 N–H and O–H groups in total. The van der Waals surface area contributed by atoms with Gasteiger partial charge in [-0.1, -0.05) is 12.1 Å². The van der Waals surface area contributed by atoms with Gasteiger partial charge >= 0.3 is 6.18 Å². The molecule has 0 saturated heterocycles. The maximum Gasteiger partial charge on any atom is 0.419 e. The molecule has 0 spiro atoms. The second kappa shape index (κ2) is 10.6. The van der Waals surface area contributed by atoms with E-state index in [1.165, 1.54) is 20.1 Å². The van der Waals surface area contributed by atoms with Crippen LogP contribution in [-0.2, 0) is 6.18 Å². The summed E-state index contributed by atoms with van der Waals surface area (Å²) in [5, 5.41) is 3.44. The Kier molecular flexibility index (Phi) is 7.87. The zero-order chi connectivity index (χ0) is 29.6. The number of ether oxygens (including phenoxy) is 2. The lowest BCUT2D eigenvalue weighted by Crippen LogP contribution is -2.59. The molecule has 3 aromatic rings. The molecule has 2 atom stereocenters. The highest BCUT2D eigenvalue weighted by Gasteiger charge is 2.60. The number of hydrogen-bond donors (Lipinski definition) is 1. The number of fused-ring (bicyclic) bond motifs is 1. The fourth-order valence-electron chi connectivity index (χ4n) is 5.29. The highest BCUT2D eigenvalue weighted by atomic mass is 19.4. The third kappa shape index (κ3) is 5.77. The van der Waals surface area contributed by atoms with Gasteiger partial charge < -0.3 is 19.7 Å². The van der Waals surface area contributed by atoms with E-state index in [1.54, 1.807) is 19.1 Å². The van der Waals surface area contributed by atoms with Crippen LogP contribution in [0.4, 0.5) is 32.2 Å². The topological polar surface area (TPSA) is 59.5 Å². The fourth-order valence-corrected chi connectivity index (χ4v) is 5.29. The first-order chi connectivity index (χ1) is 18.6. The van der Waals surface area contributed by atoms with Crippen molar-refractivity contribution in [3.63, 3.8) is 0 Å². The number of halogens is 6. The summed E-state index contributed by atoms with van der Waals surface area (Å²) in [5.74, 6) is -2.94. The van der Waals surface area contributed by atoms with Crippen molar-refractivity contribution < 1.29 is 35.8 Å². The summed E-state index contributed by atoms with van der Waals surface area (Å²) in [6.07, 6.45) is -5.47. The lowest BCUT2D eigenvalue weighted by atomic mass is 9.62. The van der Waals surface area contributed by atoms with Gasteiger partial charge in [0.2, 0.25) is 5.92 Å². The van der Waals surface area contributed by atoms with Gasteiger partial charge in [0.05, 0.1) is 30.8 Å². The van der Waals surface area contributed by atoms with E-state index < -0.39 is 34.9 Å². The molecule has 1 aromatic heterocycles. The van der Waals surface area contributed by atoms with Crippen LogP contribution < -0.4 is 14.8 Å². The fraction of sp³-hybridized carbons (Fsp3) is 0.500. The molecule has 0 aliphatic heterocycles. The van der Waals surface area contributed by atoms with E-state index in [4.69, 9.17) is 9.47 Å². The Hall–Kier alpha value is -3.28. The zero-order valence-corrected chi connectivity index (χ0v) is 23.1. The molecule has 0 amide bonds. The summed E-state index contributed by atoms with van der Waals surface area (Å²) in [4.78, 5) is 10.7. The van der Waals surface area contributed by atoms with E-state index in [0.717, 1.165) is 6.07 Å². The van der Waals surface area contributed by atoms with Crippen molar-refractivity contribution in [1.82, 2.24) is 14.9 Å². The highest BCUT2D eigenvalue weighted by molar-refractivity contribution is 5.92. The number of aromatic nitrogens is 2. The number of hydrogen-bond acceptors (Lipinski definition) is 6. The predicted octanol–water partition coefficient (Wildman–Crippen LogP) is 7.02. The van der Waals surface area contributed by atoms with Crippen molar-refractivity contribution in [2.45, 2.75) is 57.8 Å². The van der Waals surface area contributed by atoms with Crippen LogP contribution in [0.5, 0.6) is 11.5 Å². The minimum absolute atomic E-state index is 0.00509. The quantitative estimate of drug-likeness (QED) is 0.279. The number of rotatable bonds is 9. The Morgan fingerprint density at radius 2 is 1.75 bits per heavy atom. The Balaban J connectivity index is 1.69. The molecule has 6 nitrogen and oxygen atoms in total. The largest absolute Gasteiger partial charge is 0.493 e. The number of methoxy groups -OCH3 is 1. The Morgan fingerprint density at radius 3 is 2.33 bits per heavy atom. The number of nitrogens with one attached hydrogen (secondary N) is 1. The summed E-state index contributed by atoms with van der Waals surface area (Å²) >= 11 is 0. The van der Waals surface area contributed by atoms with Crippen LogP contribution in [0, 0.1) is 18.2 Å². The number of aryl methyl sites for hydroxylation is 1. The van der Waals surface area contributed by atoms with Crippen molar-refractivity contribution >= 4 is 16.7 Å². The van der Waals surface area contributed by atoms with E-state index >= 15 is 0 Å². The lowest BCUT2D eigenvalue weighted by Gasteiger charge is -2.52. The molecule has 2 aromatic carbocycles. The summed E-state index contributed by atoms with van der Waals surface area (Å²) in [6.45, 7) is 5.04. The first kappa shape index (κ1) is 29.7. The molecule has 218 valence electrons. The predicted molar refractivity (Wildman–Crippen MR) is 140 cm³/mol. The van der Waals surface area contributed by atoms with Crippen molar-refractivity contribution in [2.24, 2.45) is 5.41 Å². The van der Waals surface area contributed by atoms with Gasteiger partial charge in [-0.25, -0.2) is 23.1 Å². The molecule has 1 aliphatic rings. The zero-order valence-electron chi connectivity index (χ0n) is 23.1. The molecular weight excluding hydrogens is 538 g/mol. The standard InChI is InChI=1S/C28H32F6N4O2/c1-15(18-8-7-9-20(24(18)29)28(32,33)34)35-25-19-10-23(22(39-6)11-21(19)36-17(3)37-25)40-14-26(16(2)38(4)5)12-27(30,31)13-26/h7-11,15-16H,12-14H2,1-6H3,(H,35,36,37)/t15-,16+/m1/s1. The van der Waals surface area contributed by atoms with Gasteiger partial charge in [0, 0.05) is 41.3 Å². The van der Waals surface area contributed by atoms with Crippen LogP contribution in [-0.4, -0.2) is 54.6 Å². The van der Waals surface area contributed by atoms with Crippen LogP contribution in [0.3, 0.4) is 0 Å². The molecule has 1 fully saturated rings. The Labute approximate surface area is 228 Å². The average molecular weight is 571 g/mol. The van der Waals surface area contributed by atoms with E-state index in [9.17, 15) is 26.3 Å². The monoisotopic (exact) mass is 570 g/mol. The van der Waals surface area contributed by atoms with Crippen molar-refractivity contribution in [3.05, 3.63) is 53.1 Å². The van der Waals surface area contributed by atoms with Gasteiger partial charge in [-0.15, -0.1) is 0 Å². The van der Waals surface area contributed by atoms with E-state index in [-0.39, 0.29) is 42.6 Å². The third-order valence-electron chi connectivity index (χ3n) is 7.64. The average Bonchev–Trinajstić information content (AvgIpc) is 2.84. The molecule has 0 radical (unpaired) electrons. The minimum Gasteiger partial charge on any atom is -0.493 e. The number of benzene rings is 2. The van der Waals surface area contributed by atoms with Crippen molar-refractivity contribution in [2.75, 3.05) is 33.1 Å².